The predicted octanol–water partition coefficient (Wildman–Crippen LogP) is 6.03. The summed E-state index contributed by atoms with van der Waals surface area (Å²) in [6.07, 6.45) is -2.48. The molecular formula is C32H28ClF4N7O4. The fourth-order valence-corrected chi connectivity index (χ4v) is 5.26. The average Bonchev–Trinajstić information content (AvgIpc) is 3.44. The summed E-state index contributed by atoms with van der Waals surface area (Å²) in [6.45, 7) is 2.27. The minimum atomic E-state index is -5.18. The second kappa shape index (κ2) is 13.4. The van der Waals surface area contributed by atoms with E-state index in [2.05, 4.69) is 19.7 Å². The molecule has 3 aromatic heterocycles. The summed E-state index contributed by atoms with van der Waals surface area (Å²) in [4.78, 5) is 38.0. The Bertz CT molecular complexity index is 2020. The molecule has 5 aromatic rings. The maximum Gasteiger partial charge on any atom is 0.490 e. The molecule has 0 saturated carbocycles. The summed E-state index contributed by atoms with van der Waals surface area (Å²) in [6, 6.07) is 9.77. The number of carbonyl (C=O) groups is 2. The third-order valence-electron chi connectivity index (χ3n) is 7.41. The van der Waals surface area contributed by atoms with Gasteiger partial charge in [-0.25, -0.2) is 23.8 Å². The summed E-state index contributed by atoms with van der Waals surface area (Å²) in [5.41, 5.74) is 9.25. The number of aromatic nitrogens is 5. The van der Waals surface area contributed by atoms with Crippen molar-refractivity contribution in [2.75, 3.05) is 33.0 Å². The number of fused-ring (bicyclic) bond motifs is 1. The van der Waals surface area contributed by atoms with Crippen LogP contribution in [0.15, 0.2) is 55.0 Å². The van der Waals surface area contributed by atoms with E-state index in [0.717, 1.165) is 0 Å². The molecule has 0 radical (unpaired) electrons. The van der Waals surface area contributed by atoms with Crippen LogP contribution in [-0.2, 0) is 9.53 Å². The van der Waals surface area contributed by atoms with Gasteiger partial charge in [-0.15, -0.1) is 0 Å². The maximum absolute atomic E-state index is 14.2. The lowest BCUT2D eigenvalue weighted by Gasteiger charge is -2.23. The molecule has 0 bridgehead atoms. The Kier molecular flexibility index (Phi) is 9.52. The number of alkyl halides is 3. The smallest absolute Gasteiger partial charge is 0.489 e. The first-order chi connectivity index (χ1) is 22.7. The molecule has 1 amide bonds. The van der Waals surface area contributed by atoms with E-state index in [1.165, 1.54) is 46.4 Å². The maximum atomic E-state index is 14.2. The van der Waals surface area contributed by atoms with Gasteiger partial charge in [0.15, 0.2) is 5.65 Å². The van der Waals surface area contributed by atoms with E-state index in [9.17, 15) is 27.2 Å². The minimum Gasteiger partial charge on any atom is -0.489 e. The van der Waals surface area contributed by atoms with Crippen LogP contribution in [0.2, 0.25) is 5.02 Å². The van der Waals surface area contributed by atoms with Gasteiger partial charge in [0.1, 0.15) is 48.3 Å². The number of nitrogens with two attached hydrogens (primary N) is 1. The van der Waals surface area contributed by atoms with Crippen LogP contribution in [0.3, 0.4) is 0 Å². The summed E-state index contributed by atoms with van der Waals surface area (Å²) in [5.74, 6) is -2.92. The number of amides is 1. The Morgan fingerprint density at radius 3 is 2.46 bits per heavy atom. The van der Waals surface area contributed by atoms with Crippen molar-refractivity contribution in [3.63, 3.8) is 0 Å². The molecule has 0 aliphatic carbocycles. The van der Waals surface area contributed by atoms with Gasteiger partial charge in [0.2, 0.25) is 0 Å². The SMILES string of the molecule is Cc1c(Cl)cc(C(C)n2nc(-c3cccc(F)c3)c3c(N)ncnc32)c(OCCOC(=O)C(F)(F)F)c1-c1ccc(C(=O)N(C)C)nc1. The van der Waals surface area contributed by atoms with Crippen LogP contribution in [0, 0.1) is 12.7 Å². The van der Waals surface area contributed by atoms with Crippen LogP contribution < -0.4 is 10.5 Å². The molecule has 2 aromatic carbocycles. The zero-order chi connectivity index (χ0) is 34.9. The highest BCUT2D eigenvalue weighted by Crippen LogP contribution is 2.44. The number of benzene rings is 2. The van der Waals surface area contributed by atoms with E-state index in [0.29, 0.717) is 49.6 Å². The van der Waals surface area contributed by atoms with Crippen molar-refractivity contribution < 1.29 is 36.6 Å². The van der Waals surface area contributed by atoms with Gasteiger partial charge in [-0.2, -0.15) is 18.3 Å². The van der Waals surface area contributed by atoms with Gasteiger partial charge >= 0.3 is 12.1 Å². The number of halogens is 5. The van der Waals surface area contributed by atoms with Crippen LogP contribution in [-0.4, -0.2) is 75.0 Å². The van der Waals surface area contributed by atoms with Gasteiger partial charge in [0.05, 0.1) is 11.4 Å². The molecule has 16 heteroatoms. The van der Waals surface area contributed by atoms with Crippen molar-refractivity contribution in [3.8, 4) is 28.1 Å². The van der Waals surface area contributed by atoms with Gasteiger partial charge in [0.25, 0.3) is 5.91 Å². The first-order valence-electron chi connectivity index (χ1n) is 14.3. The standard InChI is InChI=1S/C32H28ClF4N7O4/c1-16-22(33)13-21(17(2)44-29-25(28(38)40-15-41-29)26(42-44)18-6-5-7-20(34)12-18)27(47-10-11-48-31(46)32(35,36)37)24(16)19-8-9-23(39-14-19)30(45)43(3)4/h5-9,12-15,17H,10-11H2,1-4H3,(H2,38,40,41). The number of hydrogen-bond acceptors (Lipinski definition) is 9. The molecule has 5 rings (SSSR count). The lowest BCUT2D eigenvalue weighted by molar-refractivity contribution is -0.200. The summed E-state index contributed by atoms with van der Waals surface area (Å²) >= 11 is 6.76. The number of ether oxygens (including phenoxy) is 2. The van der Waals surface area contributed by atoms with Crippen LogP contribution in [0.5, 0.6) is 5.75 Å². The lowest BCUT2D eigenvalue weighted by atomic mass is 9.94. The zero-order valence-electron chi connectivity index (χ0n) is 26.0. The average molecular weight is 686 g/mol. The zero-order valence-corrected chi connectivity index (χ0v) is 26.7. The van der Waals surface area contributed by atoms with E-state index in [-0.39, 0.29) is 23.2 Å². The van der Waals surface area contributed by atoms with Gasteiger partial charge in [-0.3, -0.25) is 9.78 Å². The van der Waals surface area contributed by atoms with E-state index < -0.39 is 37.2 Å². The summed E-state index contributed by atoms with van der Waals surface area (Å²) in [7, 11) is 3.17. The molecule has 250 valence electrons. The number of anilines is 1. The molecule has 1 atom stereocenters. The monoisotopic (exact) mass is 685 g/mol. The Labute approximate surface area is 276 Å². The van der Waals surface area contributed by atoms with Gasteiger partial charge in [-0.05, 0) is 43.7 Å². The highest BCUT2D eigenvalue weighted by atomic mass is 35.5. The summed E-state index contributed by atoms with van der Waals surface area (Å²) < 4.78 is 64.5. The second-order valence-electron chi connectivity index (χ2n) is 10.8. The minimum absolute atomic E-state index is 0.0988. The van der Waals surface area contributed by atoms with Crippen LogP contribution >= 0.6 is 11.6 Å². The number of pyridine rings is 1. The first kappa shape index (κ1) is 34.0. The van der Waals surface area contributed by atoms with Crippen LogP contribution in [0.4, 0.5) is 23.4 Å². The molecule has 11 nitrogen and oxygen atoms in total. The van der Waals surface area contributed by atoms with E-state index >= 15 is 0 Å². The number of esters is 1. The molecule has 2 N–H and O–H groups in total. The Balaban J connectivity index is 1.66. The van der Waals surface area contributed by atoms with Crippen molar-refractivity contribution in [1.29, 1.82) is 0 Å². The fraction of sp³-hybridized carbons (Fsp3) is 0.250. The normalized spacial score (nSPS) is 12.2. The fourth-order valence-electron chi connectivity index (χ4n) is 5.05. The number of hydrogen-bond donors (Lipinski definition) is 1. The third kappa shape index (κ3) is 6.72. The van der Waals surface area contributed by atoms with E-state index in [1.54, 1.807) is 46.1 Å². The molecule has 0 aliphatic rings. The molecule has 0 spiro atoms. The Morgan fingerprint density at radius 1 is 1.06 bits per heavy atom. The molecule has 48 heavy (non-hydrogen) atoms. The predicted molar refractivity (Wildman–Crippen MR) is 169 cm³/mol. The van der Waals surface area contributed by atoms with E-state index in [4.69, 9.17) is 27.2 Å². The van der Waals surface area contributed by atoms with E-state index in [1.807, 2.05) is 0 Å². The molecule has 0 aliphatic heterocycles. The first-order valence-corrected chi connectivity index (χ1v) is 14.7. The molecule has 3 heterocycles. The number of carbonyl (C=O) groups excluding carboxylic acids is 2. The largest absolute Gasteiger partial charge is 0.490 e. The summed E-state index contributed by atoms with van der Waals surface area (Å²) in [5, 5.41) is 5.41. The van der Waals surface area contributed by atoms with Crippen molar-refractivity contribution in [2.24, 2.45) is 0 Å². The highest BCUT2D eigenvalue weighted by Gasteiger charge is 2.41. The molecule has 1 unspecified atom stereocenters. The molecule has 0 saturated heterocycles. The van der Waals surface area contributed by atoms with Crippen molar-refractivity contribution >= 4 is 40.3 Å². The topological polar surface area (TPSA) is 138 Å². The number of nitrogens with zero attached hydrogens (tertiary/aromatic N) is 6. The van der Waals surface area contributed by atoms with Crippen molar-refractivity contribution in [1.82, 2.24) is 29.6 Å². The molecule has 0 fully saturated rings. The van der Waals surface area contributed by atoms with Crippen LogP contribution in [0.1, 0.15) is 34.6 Å². The second-order valence-corrected chi connectivity index (χ2v) is 11.2. The lowest BCUT2D eigenvalue weighted by Crippen LogP contribution is -2.27. The third-order valence-corrected chi connectivity index (χ3v) is 7.80. The Morgan fingerprint density at radius 2 is 1.81 bits per heavy atom. The number of rotatable bonds is 9. The highest BCUT2D eigenvalue weighted by molar-refractivity contribution is 6.32. The van der Waals surface area contributed by atoms with Gasteiger partial charge < -0.3 is 20.1 Å². The van der Waals surface area contributed by atoms with Gasteiger partial charge in [0, 0.05) is 47.6 Å². The number of nitrogen functional groups attached to an aromatic ring is 1. The van der Waals surface area contributed by atoms with Crippen LogP contribution in [0.25, 0.3) is 33.4 Å². The van der Waals surface area contributed by atoms with Crippen molar-refractivity contribution in [2.45, 2.75) is 26.1 Å². The van der Waals surface area contributed by atoms with Crippen molar-refractivity contribution in [3.05, 3.63) is 82.6 Å². The Hall–Kier alpha value is -5.31. The van der Waals surface area contributed by atoms with Gasteiger partial charge in [-0.1, -0.05) is 29.8 Å². The quantitative estimate of drug-likeness (QED) is 0.112. The molecular weight excluding hydrogens is 658 g/mol.